The second-order valence-electron chi connectivity index (χ2n) is 10.7. The van der Waals surface area contributed by atoms with Gasteiger partial charge in [0.2, 0.25) is 17.7 Å². The smallest absolute Gasteiger partial charge is 0.341 e. The third kappa shape index (κ3) is 13.1. The summed E-state index contributed by atoms with van der Waals surface area (Å²) in [6, 6.07) is 5.27. The summed E-state index contributed by atoms with van der Waals surface area (Å²) in [5, 5.41) is 26.0. The minimum atomic E-state index is -1.09. The molecule has 0 aromatic carbocycles. The first-order chi connectivity index (χ1) is 20.0. The maximum absolute atomic E-state index is 11.7. The van der Waals surface area contributed by atoms with E-state index in [9.17, 15) is 28.8 Å². The van der Waals surface area contributed by atoms with E-state index in [2.05, 4.69) is 0 Å². The first kappa shape index (κ1) is 39.4. The largest absolute Gasteiger partial charge is 3.00 e. The van der Waals surface area contributed by atoms with E-state index in [4.69, 9.17) is 15.8 Å². The molecule has 3 fully saturated rings. The summed E-state index contributed by atoms with van der Waals surface area (Å²) in [6.07, 6.45) is 9.22. The zero-order valence-corrected chi connectivity index (χ0v) is 26.4. The van der Waals surface area contributed by atoms with E-state index in [1.165, 1.54) is 20.8 Å². The number of hydrogen-bond acceptors (Lipinski definition) is 9. The Bertz CT molecular complexity index is 968. The van der Waals surface area contributed by atoms with Gasteiger partial charge in [-0.3, -0.25) is 28.8 Å². The number of rotatable bonds is 6. The molecule has 0 aromatic heterocycles. The van der Waals surface area contributed by atoms with Crippen molar-refractivity contribution in [3.8, 4) is 18.2 Å². The molecule has 0 aromatic rings. The first-order valence-corrected chi connectivity index (χ1v) is 14.6. The van der Waals surface area contributed by atoms with E-state index in [0.29, 0.717) is 39.3 Å². The summed E-state index contributed by atoms with van der Waals surface area (Å²) in [6.45, 7) is 7.97. The average molecular weight is 639 g/mol. The Balaban J connectivity index is 0.000000608. The van der Waals surface area contributed by atoms with Gasteiger partial charge in [0.1, 0.15) is 0 Å². The van der Waals surface area contributed by atoms with Gasteiger partial charge in [0.05, 0.1) is 18.2 Å². The second-order valence-corrected chi connectivity index (χ2v) is 10.7. The predicted octanol–water partition coefficient (Wildman–Crippen LogP) is 2.18. The molecule has 0 N–H and O–H groups in total. The molecular weight excluding hydrogens is 596 g/mol. The molecule has 0 aliphatic carbocycles. The van der Waals surface area contributed by atoms with Crippen molar-refractivity contribution in [1.29, 1.82) is 15.8 Å². The molecule has 3 aliphatic heterocycles. The van der Waals surface area contributed by atoms with Crippen molar-refractivity contribution < 1.29 is 45.8 Å². The number of ketones is 3. The molecule has 1 radical (unpaired) electrons. The van der Waals surface area contributed by atoms with Gasteiger partial charge in [-0.2, -0.15) is 15.8 Å². The molecule has 3 saturated heterocycles. The van der Waals surface area contributed by atoms with Crippen LogP contribution in [-0.2, 0) is 45.8 Å². The Morgan fingerprint density at radius 3 is 0.767 bits per heavy atom. The quantitative estimate of drug-likeness (QED) is 0.311. The number of amides is 3. The van der Waals surface area contributed by atoms with Crippen molar-refractivity contribution in [3.63, 3.8) is 0 Å². The fourth-order valence-electron chi connectivity index (χ4n) is 4.85. The molecule has 233 valence electrons. The summed E-state index contributed by atoms with van der Waals surface area (Å²) in [4.78, 5) is 72.8. The molecule has 0 saturated carbocycles. The number of Topliss-reactive ketones (excluding diaryl/α,β-unsaturated/α-hetero) is 3. The minimum Gasteiger partial charge on any atom is -0.341 e. The van der Waals surface area contributed by atoms with Gasteiger partial charge in [0.25, 0.3) is 0 Å². The van der Waals surface area contributed by atoms with Crippen molar-refractivity contribution in [2.24, 2.45) is 17.8 Å². The number of nitrogens with zero attached hydrogens (tertiary/aromatic N) is 6. The zero-order valence-electron chi connectivity index (χ0n) is 25.3. The van der Waals surface area contributed by atoms with Crippen molar-refractivity contribution in [2.45, 2.75) is 78.6 Å². The number of hydrogen-bond donors (Lipinski definition) is 0. The van der Waals surface area contributed by atoms with Crippen LogP contribution in [0.2, 0.25) is 0 Å². The summed E-state index contributed by atoms with van der Waals surface area (Å²) < 4.78 is 0. The van der Waals surface area contributed by atoms with Crippen molar-refractivity contribution >= 4 is 35.1 Å². The molecule has 3 amide bonds. The molecular formula is C30H42FeN6O6+3. The van der Waals surface area contributed by atoms with Crippen LogP contribution >= 0.6 is 0 Å². The SMILES string of the molecule is CC(=O)C(C#N)C(=O)N1CCCCC1.CC(=O)C(C#N)C(=O)N1CCCCC1.CC(=O)C(C#N)C(=O)N1CCCCC1.[Fe+3]. The van der Waals surface area contributed by atoms with Crippen LogP contribution in [0.25, 0.3) is 0 Å². The van der Waals surface area contributed by atoms with Crippen molar-refractivity contribution in [2.75, 3.05) is 39.3 Å². The first-order valence-electron chi connectivity index (χ1n) is 14.6. The fraction of sp³-hybridized carbons (Fsp3) is 0.700. The van der Waals surface area contributed by atoms with Gasteiger partial charge in [-0.15, -0.1) is 0 Å². The van der Waals surface area contributed by atoms with E-state index >= 15 is 0 Å². The third-order valence-electron chi connectivity index (χ3n) is 7.35. The van der Waals surface area contributed by atoms with Gasteiger partial charge in [-0.25, -0.2) is 0 Å². The van der Waals surface area contributed by atoms with Crippen LogP contribution in [0, 0.1) is 51.7 Å². The van der Waals surface area contributed by atoms with Gasteiger partial charge in [0, 0.05) is 39.3 Å². The van der Waals surface area contributed by atoms with Crippen LogP contribution in [0.5, 0.6) is 0 Å². The van der Waals surface area contributed by atoms with E-state index in [0.717, 1.165) is 57.8 Å². The molecule has 43 heavy (non-hydrogen) atoms. The Morgan fingerprint density at radius 2 is 0.628 bits per heavy atom. The summed E-state index contributed by atoms with van der Waals surface area (Å²) in [5.41, 5.74) is 0. The number of likely N-dealkylation sites (tertiary alicyclic amines) is 3. The third-order valence-corrected chi connectivity index (χ3v) is 7.35. The molecule has 0 bridgehead atoms. The minimum absolute atomic E-state index is 0. The van der Waals surface area contributed by atoms with Crippen LogP contribution in [0.4, 0.5) is 0 Å². The monoisotopic (exact) mass is 638 g/mol. The topological polar surface area (TPSA) is 184 Å². The number of carbonyl (C=O) groups is 6. The molecule has 0 spiro atoms. The molecule has 3 heterocycles. The molecule has 3 aliphatic rings. The molecule has 13 heteroatoms. The van der Waals surface area contributed by atoms with Crippen LogP contribution in [-0.4, -0.2) is 89.0 Å². The van der Waals surface area contributed by atoms with E-state index < -0.39 is 17.8 Å². The summed E-state index contributed by atoms with van der Waals surface area (Å²) >= 11 is 0. The average Bonchev–Trinajstić information content (AvgIpc) is 2.99. The maximum atomic E-state index is 11.7. The molecule has 3 atom stereocenters. The van der Waals surface area contributed by atoms with Crippen LogP contribution in [0.3, 0.4) is 0 Å². The van der Waals surface area contributed by atoms with E-state index in [1.54, 1.807) is 32.9 Å². The number of piperidine rings is 3. The standard InChI is InChI=1S/3C10H14N2O2.Fe/c3*1-8(13)9(7-11)10(14)12-5-3-2-4-6-12;/h3*9H,2-6H2,1H3;/q;;;+3. The normalized spacial score (nSPS) is 18.0. The van der Waals surface area contributed by atoms with Crippen LogP contribution < -0.4 is 0 Å². The van der Waals surface area contributed by atoms with Gasteiger partial charge in [-0.1, -0.05) is 0 Å². The van der Waals surface area contributed by atoms with Gasteiger partial charge in [0.15, 0.2) is 35.1 Å². The Hall–Kier alpha value is -3.59. The van der Waals surface area contributed by atoms with Crippen molar-refractivity contribution in [3.05, 3.63) is 0 Å². The van der Waals surface area contributed by atoms with E-state index in [1.807, 2.05) is 0 Å². The second kappa shape index (κ2) is 21.2. The number of carbonyl (C=O) groups excluding carboxylic acids is 6. The van der Waals surface area contributed by atoms with Gasteiger partial charge < -0.3 is 14.7 Å². The molecule has 12 nitrogen and oxygen atoms in total. The Morgan fingerprint density at radius 1 is 0.442 bits per heavy atom. The fourth-order valence-corrected chi connectivity index (χ4v) is 4.85. The van der Waals surface area contributed by atoms with Crippen LogP contribution in [0.1, 0.15) is 78.6 Å². The van der Waals surface area contributed by atoms with Gasteiger partial charge >= 0.3 is 17.1 Å². The van der Waals surface area contributed by atoms with Gasteiger partial charge in [-0.05, 0) is 78.6 Å². The Kier molecular flexibility index (Phi) is 19.4. The zero-order chi connectivity index (χ0) is 31.7. The molecule has 3 unspecified atom stereocenters. The summed E-state index contributed by atoms with van der Waals surface area (Å²) in [5.74, 6) is -5.30. The number of nitriles is 3. The predicted molar refractivity (Wildman–Crippen MR) is 151 cm³/mol. The summed E-state index contributed by atoms with van der Waals surface area (Å²) in [7, 11) is 0. The Labute approximate surface area is 264 Å². The molecule has 3 rings (SSSR count). The van der Waals surface area contributed by atoms with Crippen molar-refractivity contribution in [1.82, 2.24) is 14.7 Å². The van der Waals surface area contributed by atoms with Crippen LogP contribution in [0.15, 0.2) is 0 Å². The van der Waals surface area contributed by atoms with E-state index in [-0.39, 0.29) is 52.1 Å². The maximum Gasteiger partial charge on any atom is 3.00 e.